The highest BCUT2D eigenvalue weighted by Gasteiger charge is 2.17. The minimum atomic E-state index is -0.175. The van der Waals surface area contributed by atoms with Gasteiger partial charge in [0.15, 0.2) is 0 Å². The summed E-state index contributed by atoms with van der Waals surface area (Å²) in [6.45, 7) is 2.04. The molecule has 1 amide bonds. The van der Waals surface area contributed by atoms with Crippen LogP contribution in [-0.2, 0) is 18.4 Å². The van der Waals surface area contributed by atoms with Gasteiger partial charge < -0.3 is 5.32 Å². The van der Waals surface area contributed by atoms with Gasteiger partial charge in [0.05, 0.1) is 5.69 Å². The number of benzene rings is 1. The summed E-state index contributed by atoms with van der Waals surface area (Å²) in [5, 5.41) is 11.2. The number of anilines is 1. The van der Waals surface area contributed by atoms with Crippen molar-refractivity contribution in [1.29, 1.82) is 0 Å². The van der Waals surface area contributed by atoms with Gasteiger partial charge >= 0.3 is 0 Å². The first-order valence-electron chi connectivity index (χ1n) is 6.86. The maximum absolute atomic E-state index is 12.2. The predicted molar refractivity (Wildman–Crippen MR) is 82.0 cm³/mol. The van der Waals surface area contributed by atoms with E-state index in [4.69, 9.17) is 0 Å². The second-order valence-corrected chi connectivity index (χ2v) is 4.94. The number of hydrogen-bond donors (Lipinski definition) is 1. The van der Waals surface area contributed by atoms with Crippen LogP contribution in [0.4, 0.5) is 5.82 Å². The summed E-state index contributed by atoms with van der Waals surface area (Å²) in [7, 11) is 1.81. The van der Waals surface area contributed by atoms with E-state index in [0.29, 0.717) is 5.82 Å². The van der Waals surface area contributed by atoms with E-state index in [9.17, 15) is 4.79 Å². The highest BCUT2D eigenvalue weighted by atomic mass is 16.2. The highest BCUT2D eigenvalue weighted by Crippen LogP contribution is 2.30. The van der Waals surface area contributed by atoms with Crippen molar-refractivity contribution in [2.24, 2.45) is 7.05 Å². The van der Waals surface area contributed by atoms with Gasteiger partial charge in [-0.25, -0.2) is 9.67 Å². The van der Waals surface area contributed by atoms with E-state index in [1.807, 2.05) is 44.3 Å². The van der Waals surface area contributed by atoms with E-state index >= 15 is 0 Å². The first-order chi connectivity index (χ1) is 10.6. The molecule has 22 heavy (non-hydrogen) atoms. The number of nitrogens with zero attached hydrogens (tertiary/aromatic N) is 5. The van der Waals surface area contributed by atoms with Crippen molar-refractivity contribution in [1.82, 2.24) is 24.5 Å². The molecule has 112 valence electrons. The molecule has 0 saturated carbocycles. The van der Waals surface area contributed by atoms with Gasteiger partial charge in [-0.3, -0.25) is 9.48 Å². The summed E-state index contributed by atoms with van der Waals surface area (Å²) in [4.78, 5) is 16.0. The van der Waals surface area contributed by atoms with Crippen LogP contribution in [0, 0.1) is 6.92 Å². The maximum atomic E-state index is 12.2. The van der Waals surface area contributed by atoms with Crippen LogP contribution in [0.5, 0.6) is 0 Å². The van der Waals surface area contributed by atoms with E-state index in [1.54, 1.807) is 4.68 Å². The zero-order valence-corrected chi connectivity index (χ0v) is 12.4. The summed E-state index contributed by atoms with van der Waals surface area (Å²) in [6, 6.07) is 9.87. The molecule has 0 atom stereocenters. The Morgan fingerprint density at radius 1 is 1.27 bits per heavy atom. The molecule has 0 aliphatic rings. The number of aromatic nitrogens is 5. The van der Waals surface area contributed by atoms with Crippen LogP contribution < -0.4 is 5.32 Å². The fourth-order valence-corrected chi connectivity index (χ4v) is 2.39. The lowest BCUT2D eigenvalue weighted by Gasteiger charge is -2.09. The molecule has 0 bridgehead atoms. The molecule has 2 heterocycles. The Kier molecular flexibility index (Phi) is 3.69. The average molecular weight is 296 g/mol. The normalized spacial score (nSPS) is 10.6. The highest BCUT2D eigenvalue weighted by molar-refractivity contribution is 5.94. The first kappa shape index (κ1) is 14.0. The van der Waals surface area contributed by atoms with Crippen molar-refractivity contribution in [3.63, 3.8) is 0 Å². The van der Waals surface area contributed by atoms with E-state index in [2.05, 4.69) is 20.5 Å². The average Bonchev–Trinajstić information content (AvgIpc) is 3.09. The first-order valence-corrected chi connectivity index (χ1v) is 6.86. The van der Waals surface area contributed by atoms with Crippen molar-refractivity contribution >= 4 is 11.7 Å². The van der Waals surface area contributed by atoms with Gasteiger partial charge in [-0.2, -0.15) is 10.2 Å². The smallest absolute Gasteiger partial charge is 0.247 e. The third-order valence-electron chi connectivity index (χ3n) is 3.31. The Labute approximate surface area is 127 Å². The SMILES string of the molecule is Cc1nn(C)c(NC(=O)Cn2cncn2)c1-c1ccccc1. The standard InChI is InChI=1S/C15H16N6O/c1-11-14(12-6-4-3-5-7-12)15(20(2)19-11)18-13(22)8-21-10-16-9-17-21/h3-7,9-10H,8H2,1-2H3,(H,18,22). The molecule has 7 nitrogen and oxygen atoms in total. The second-order valence-electron chi connectivity index (χ2n) is 4.94. The zero-order valence-electron chi connectivity index (χ0n) is 12.4. The lowest BCUT2D eigenvalue weighted by Crippen LogP contribution is -2.21. The summed E-state index contributed by atoms with van der Waals surface area (Å²) in [6.07, 6.45) is 2.91. The number of rotatable bonds is 4. The van der Waals surface area contributed by atoms with Gasteiger partial charge in [-0.1, -0.05) is 30.3 Å². The molecule has 1 aromatic carbocycles. The molecule has 3 rings (SSSR count). The number of amides is 1. The van der Waals surface area contributed by atoms with Crippen LogP contribution in [0.25, 0.3) is 11.1 Å². The topological polar surface area (TPSA) is 77.6 Å². The molecular formula is C15H16N6O. The molecule has 7 heteroatoms. The second kappa shape index (κ2) is 5.80. The van der Waals surface area contributed by atoms with Gasteiger partial charge in [-0.15, -0.1) is 0 Å². The maximum Gasteiger partial charge on any atom is 0.247 e. The third kappa shape index (κ3) is 2.73. The van der Waals surface area contributed by atoms with E-state index in [-0.39, 0.29) is 12.5 Å². The molecule has 1 N–H and O–H groups in total. The largest absolute Gasteiger partial charge is 0.309 e. The van der Waals surface area contributed by atoms with Crippen LogP contribution >= 0.6 is 0 Å². The minimum absolute atomic E-state index is 0.110. The monoisotopic (exact) mass is 296 g/mol. The number of nitrogens with one attached hydrogen (secondary N) is 1. The Bertz CT molecular complexity index is 776. The summed E-state index contributed by atoms with van der Waals surface area (Å²) in [5.41, 5.74) is 2.81. The van der Waals surface area contributed by atoms with Crippen molar-refractivity contribution in [2.45, 2.75) is 13.5 Å². The Morgan fingerprint density at radius 2 is 2.05 bits per heavy atom. The lowest BCUT2D eigenvalue weighted by atomic mass is 10.1. The van der Waals surface area contributed by atoms with E-state index < -0.39 is 0 Å². The zero-order chi connectivity index (χ0) is 15.5. The van der Waals surface area contributed by atoms with Crippen LogP contribution in [-0.4, -0.2) is 30.5 Å². The summed E-state index contributed by atoms with van der Waals surface area (Å²) in [5.74, 6) is 0.500. The number of aryl methyl sites for hydroxylation is 2. The molecule has 2 aromatic heterocycles. The van der Waals surface area contributed by atoms with Gasteiger partial charge in [0.25, 0.3) is 0 Å². The van der Waals surface area contributed by atoms with E-state index in [1.165, 1.54) is 17.3 Å². The molecule has 0 radical (unpaired) electrons. The van der Waals surface area contributed by atoms with Gasteiger partial charge in [0.2, 0.25) is 5.91 Å². The molecule has 0 aliphatic carbocycles. The third-order valence-corrected chi connectivity index (χ3v) is 3.31. The Balaban J connectivity index is 1.89. The van der Waals surface area contributed by atoms with Gasteiger partial charge in [0.1, 0.15) is 25.0 Å². The summed E-state index contributed by atoms with van der Waals surface area (Å²) < 4.78 is 3.15. The summed E-state index contributed by atoms with van der Waals surface area (Å²) >= 11 is 0. The minimum Gasteiger partial charge on any atom is -0.309 e. The lowest BCUT2D eigenvalue weighted by molar-refractivity contribution is -0.116. The van der Waals surface area contributed by atoms with Crippen molar-refractivity contribution < 1.29 is 4.79 Å². The number of hydrogen-bond acceptors (Lipinski definition) is 4. The predicted octanol–water partition coefficient (Wildman–Crippen LogP) is 1.63. The fourth-order valence-electron chi connectivity index (χ4n) is 2.39. The van der Waals surface area contributed by atoms with Crippen molar-refractivity contribution in [3.05, 3.63) is 48.7 Å². The van der Waals surface area contributed by atoms with Crippen LogP contribution in [0.2, 0.25) is 0 Å². The fraction of sp³-hybridized carbons (Fsp3) is 0.200. The van der Waals surface area contributed by atoms with Crippen LogP contribution in [0.15, 0.2) is 43.0 Å². The molecule has 0 spiro atoms. The Morgan fingerprint density at radius 3 is 2.73 bits per heavy atom. The number of carbonyl (C=O) groups excluding carboxylic acids is 1. The number of carbonyl (C=O) groups is 1. The Hall–Kier alpha value is -2.96. The van der Waals surface area contributed by atoms with E-state index in [0.717, 1.165) is 16.8 Å². The van der Waals surface area contributed by atoms with Crippen LogP contribution in [0.1, 0.15) is 5.69 Å². The van der Waals surface area contributed by atoms with Crippen molar-refractivity contribution in [3.8, 4) is 11.1 Å². The molecular weight excluding hydrogens is 280 g/mol. The molecule has 0 saturated heterocycles. The molecule has 3 aromatic rings. The van der Waals surface area contributed by atoms with Crippen LogP contribution in [0.3, 0.4) is 0 Å². The quantitative estimate of drug-likeness (QED) is 0.793. The molecule has 0 aliphatic heterocycles. The molecule has 0 fully saturated rings. The van der Waals surface area contributed by atoms with Gasteiger partial charge in [0, 0.05) is 12.6 Å². The molecule has 0 unspecified atom stereocenters. The van der Waals surface area contributed by atoms with Gasteiger partial charge in [-0.05, 0) is 12.5 Å². The van der Waals surface area contributed by atoms with Crippen molar-refractivity contribution in [2.75, 3.05) is 5.32 Å².